The molecule has 0 aliphatic rings. The lowest BCUT2D eigenvalue weighted by Gasteiger charge is -2.17. The Morgan fingerprint density at radius 1 is 1.47 bits per heavy atom. The minimum atomic E-state index is -0.0400. The van der Waals surface area contributed by atoms with Gasteiger partial charge in [0, 0.05) is 18.8 Å². The Morgan fingerprint density at radius 2 is 2.07 bits per heavy atom. The van der Waals surface area contributed by atoms with E-state index in [9.17, 15) is 4.79 Å². The van der Waals surface area contributed by atoms with E-state index in [4.69, 9.17) is 0 Å². The highest BCUT2D eigenvalue weighted by Gasteiger charge is 2.16. The van der Waals surface area contributed by atoms with Crippen LogP contribution in [0.1, 0.15) is 36.8 Å². The number of aryl methyl sites for hydroxylation is 1. The summed E-state index contributed by atoms with van der Waals surface area (Å²) < 4.78 is 1.70. The van der Waals surface area contributed by atoms with Crippen LogP contribution < -0.4 is 5.32 Å². The summed E-state index contributed by atoms with van der Waals surface area (Å²) in [6.45, 7) is 8.07. The van der Waals surface area contributed by atoms with Gasteiger partial charge in [0.25, 0.3) is 5.91 Å². The molecule has 15 heavy (non-hydrogen) atoms. The Bertz CT molecular complexity index is 355. The third-order valence-electron chi connectivity index (χ3n) is 2.84. The molecule has 0 saturated heterocycles. The van der Waals surface area contributed by atoms with Gasteiger partial charge in [-0.1, -0.05) is 13.8 Å². The third-order valence-corrected chi connectivity index (χ3v) is 2.84. The molecule has 1 aromatic rings. The minimum Gasteiger partial charge on any atom is -0.349 e. The summed E-state index contributed by atoms with van der Waals surface area (Å²) in [7, 11) is 1.83. The summed E-state index contributed by atoms with van der Waals surface area (Å²) in [5, 5.41) is 7.00. The lowest BCUT2D eigenvalue weighted by molar-refractivity contribution is 0.0930. The van der Waals surface area contributed by atoms with Crippen LogP contribution in [0.3, 0.4) is 0 Å². The molecule has 1 N–H and O–H groups in total. The van der Waals surface area contributed by atoms with Gasteiger partial charge >= 0.3 is 0 Å². The molecule has 4 heteroatoms. The van der Waals surface area contributed by atoms with E-state index in [0.717, 1.165) is 5.69 Å². The molecule has 0 unspecified atom stereocenters. The molecule has 0 saturated carbocycles. The van der Waals surface area contributed by atoms with Crippen molar-refractivity contribution in [1.82, 2.24) is 15.1 Å². The first-order chi connectivity index (χ1) is 6.93. The first-order valence-electron chi connectivity index (χ1n) is 5.23. The smallest absolute Gasteiger partial charge is 0.254 e. The molecule has 0 radical (unpaired) electrons. The van der Waals surface area contributed by atoms with Crippen molar-refractivity contribution in [3.05, 3.63) is 17.5 Å². The van der Waals surface area contributed by atoms with E-state index in [1.54, 1.807) is 10.9 Å². The van der Waals surface area contributed by atoms with Gasteiger partial charge in [0.15, 0.2) is 0 Å². The number of rotatable bonds is 3. The van der Waals surface area contributed by atoms with E-state index in [-0.39, 0.29) is 11.9 Å². The van der Waals surface area contributed by atoms with Gasteiger partial charge in [0.1, 0.15) is 0 Å². The number of hydrogen-bond acceptors (Lipinski definition) is 2. The maximum Gasteiger partial charge on any atom is 0.254 e. The van der Waals surface area contributed by atoms with Gasteiger partial charge in [-0.05, 0) is 19.8 Å². The number of aromatic nitrogens is 2. The molecule has 1 atom stereocenters. The average Bonchev–Trinajstić information content (AvgIpc) is 2.47. The Balaban J connectivity index is 2.74. The summed E-state index contributed by atoms with van der Waals surface area (Å²) in [5.41, 5.74) is 1.55. The van der Waals surface area contributed by atoms with Crippen LogP contribution in [0.25, 0.3) is 0 Å². The van der Waals surface area contributed by atoms with Gasteiger partial charge in [-0.25, -0.2) is 0 Å². The molecule has 0 aliphatic carbocycles. The fourth-order valence-corrected chi connectivity index (χ4v) is 1.17. The molecule has 0 fully saturated rings. The van der Waals surface area contributed by atoms with Gasteiger partial charge in [0.2, 0.25) is 0 Å². The molecule has 1 aromatic heterocycles. The van der Waals surface area contributed by atoms with E-state index < -0.39 is 0 Å². The predicted molar refractivity (Wildman–Crippen MR) is 59.7 cm³/mol. The Morgan fingerprint density at radius 3 is 2.47 bits per heavy atom. The van der Waals surface area contributed by atoms with Crippen molar-refractivity contribution < 1.29 is 4.79 Å². The average molecular weight is 209 g/mol. The summed E-state index contributed by atoms with van der Waals surface area (Å²) >= 11 is 0. The van der Waals surface area contributed by atoms with E-state index in [1.165, 1.54) is 0 Å². The molecule has 0 bridgehead atoms. The van der Waals surface area contributed by atoms with Crippen molar-refractivity contribution in [1.29, 1.82) is 0 Å². The molecule has 84 valence electrons. The van der Waals surface area contributed by atoms with Gasteiger partial charge in [-0.15, -0.1) is 0 Å². The number of hydrogen-bond donors (Lipinski definition) is 1. The van der Waals surface area contributed by atoms with Crippen LogP contribution >= 0.6 is 0 Å². The van der Waals surface area contributed by atoms with Crippen LogP contribution in [-0.4, -0.2) is 21.7 Å². The second kappa shape index (κ2) is 4.47. The highest BCUT2D eigenvalue weighted by Crippen LogP contribution is 2.07. The molecular weight excluding hydrogens is 190 g/mol. The Hall–Kier alpha value is -1.32. The van der Waals surface area contributed by atoms with Gasteiger partial charge in [-0.2, -0.15) is 5.10 Å². The van der Waals surface area contributed by atoms with Crippen molar-refractivity contribution >= 4 is 5.91 Å². The van der Waals surface area contributed by atoms with Crippen LogP contribution in [0.2, 0.25) is 0 Å². The molecule has 1 rings (SSSR count). The van der Waals surface area contributed by atoms with Crippen LogP contribution in [0, 0.1) is 12.8 Å². The van der Waals surface area contributed by atoms with E-state index in [0.29, 0.717) is 11.5 Å². The zero-order valence-corrected chi connectivity index (χ0v) is 10.0. The third kappa shape index (κ3) is 2.58. The standard InChI is InChI=1S/C11H19N3O/c1-7(2)8(3)13-11(15)10-6-12-14(5)9(10)4/h6-8H,1-5H3,(H,13,15)/t8-/m1/s1. The SMILES string of the molecule is Cc1c(C(=O)N[C@H](C)C(C)C)cnn1C. The van der Waals surface area contributed by atoms with Crippen molar-refractivity contribution in [2.75, 3.05) is 0 Å². The topological polar surface area (TPSA) is 46.9 Å². The highest BCUT2D eigenvalue weighted by molar-refractivity contribution is 5.95. The summed E-state index contributed by atoms with van der Waals surface area (Å²) in [5.74, 6) is 0.396. The number of nitrogens with one attached hydrogen (secondary N) is 1. The van der Waals surface area contributed by atoms with Gasteiger partial charge in [-0.3, -0.25) is 9.48 Å². The molecular formula is C11H19N3O. The van der Waals surface area contributed by atoms with Crippen LogP contribution in [-0.2, 0) is 7.05 Å². The lowest BCUT2D eigenvalue weighted by atomic mass is 10.1. The number of amides is 1. The first-order valence-corrected chi connectivity index (χ1v) is 5.23. The zero-order chi connectivity index (χ0) is 11.6. The Kier molecular flexibility index (Phi) is 3.50. The summed E-state index contributed by atoms with van der Waals surface area (Å²) in [4.78, 5) is 11.8. The number of carbonyl (C=O) groups excluding carboxylic acids is 1. The van der Waals surface area contributed by atoms with Crippen LogP contribution in [0.15, 0.2) is 6.20 Å². The van der Waals surface area contributed by atoms with E-state index in [1.807, 2.05) is 20.9 Å². The predicted octanol–water partition coefficient (Wildman–Crippen LogP) is 1.50. The lowest BCUT2D eigenvalue weighted by Crippen LogP contribution is -2.36. The van der Waals surface area contributed by atoms with E-state index >= 15 is 0 Å². The maximum absolute atomic E-state index is 11.8. The van der Waals surface area contributed by atoms with Gasteiger partial charge < -0.3 is 5.32 Å². The fourth-order valence-electron chi connectivity index (χ4n) is 1.17. The van der Waals surface area contributed by atoms with Crippen molar-refractivity contribution in [3.8, 4) is 0 Å². The quantitative estimate of drug-likeness (QED) is 0.820. The second-order valence-electron chi connectivity index (χ2n) is 4.27. The van der Waals surface area contributed by atoms with Crippen molar-refractivity contribution in [3.63, 3.8) is 0 Å². The first kappa shape index (κ1) is 11.8. The number of nitrogens with zero attached hydrogens (tertiary/aromatic N) is 2. The second-order valence-corrected chi connectivity index (χ2v) is 4.27. The van der Waals surface area contributed by atoms with Crippen LogP contribution in [0.4, 0.5) is 0 Å². The molecule has 4 nitrogen and oxygen atoms in total. The molecule has 1 amide bonds. The molecule has 0 spiro atoms. The van der Waals surface area contributed by atoms with Gasteiger partial charge in [0.05, 0.1) is 11.8 Å². The Labute approximate surface area is 90.7 Å². The van der Waals surface area contributed by atoms with Crippen molar-refractivity contribution in [2.45, 2.75) is 33.7 Å². The van der Waals surface area contributed by atoms with E-state index in [2.05, 4.69) is 24.3 Å². The molecule has 1 heterocycles. The molecule has 0 aliphatic heterocycles. The normalized spacial score (nSPS) is 12.9. The highest BCUT2D eigenvalue weighted by atomic mass is 16.1. The zero-order valence-electron chi connectivity index (χ0n) is 10.0. The van der Waals surface area contributed by atoms with Crippen LogP contribution in [0.5, 0.6) is 0 Å². The maximum atomic E-state index is 11.8. The number of carbonyl (C=O) groups is 1. The van der Waals surface area contributed by atoms with Crippen molar-refractivity contribution in [2.24, 2.45) is 13.0 Å². The fraction of sp³-hybridized carbons (Fsp3) is 0.636. The molecule has 0 aromatic carbocycles. The largest absolute Gasteiger partial charge is 0.349 e. The summed E-state index contributed by atoms with van der Waals surface area (Å²) in [6.07, 6.45) is 1.61. The monoisotopic (exact) mass is 209 g/mol. The minimum absolute atomic E-state index is 0.0400. The summed E-state index contributed by atoms with van der Waals surface area (Å²) in [6, 6.07) is 0.178.